The summed E-state index contributed by atoms with van der Waals surface area (Å²) in [5.74, 6) is -1.20. The highest BCUT2D eigenvalue weighted by Crippen LogP contribution is 2.29. The molecule has 0 saturated carbocycles. The zero-order valence-corrected chi connectivity index (χ0v) is 18.9. The van der Waals surface area contributed by atoms with Crippen molar-refractivity contribution in [1.82, 2.24) is 0 Å². The minimum absolute atomic E-state index is 0.000334. The molecule has 178 valence electrons. The second kappa shape index (κ2) is 10.2. The van der Waals surface area contributed by atoms with E-state index in [0.29, 0.717) is 17.0 Å². The number of ether oxygens (including phenoxy) is 2. The van der Waals surface area contributed by atoms with Crippen molar-refractivity contribution >= 4 is 29.0 Å². The number of benzene rings is 3. The van der Waals surface area contributed by atoms with E-state index in [0.717, 1.165) is 11.1 Å². The van der Waals surface area contributed by atoms with Crippen LogP contribution < -0.4 is 9.64 Å². The Labute approximate surface area is 201 Å². The molecule has 0 bridgehead atoms. The summed E-state index contributed by atoms with van der Waals surface area (Å²) in [4.78, 5) is 49.2. The maximum Gasteiger partial charge on any atom is 0.311 e. The molecular formula is C26H22N2O7. The Bertz CT molecular complexity index is 1250. The van der Waals surface area contributed by atoms with Crippen LogP contribution in [0.15, 0.2) is 72.8 Å². The fourth-order valence-electron chi connectivity index (χ4n) is 3.84. The highest BCUT2D eigenvalue weighted by Gasteiger charge is 2.36. The van der Waals surface area contributed by atoms with Crippen LogP contribution in [0.25, 0.3) is 11.1 Å². The molecule has 1 heterocycles. The van der Waals surface area contributed by atoms with Gasteiger partial charge in [0, 0.05) is 36.3 Å². The van der Waals surface area contributed by atoms with Gasteiger partial charge in [0.25, 0.3) is 5.69 Å². The number of ketones is 1. The molecule has 0 aromatic heterocycles. The molecule has 1 fully saturated rings. The highest BCUT2D eigenvalue weighted by molar-refractivity contribution is 6.01. The van der Waals surface area contributed by atoms with Crippen LogP contribution in [0.1, 0.15) is 16.8 Å². The lowest BCUT2D eigenvalue weighted by atomic mass is 10.0. The molecule has 3 aromatic rings. The van der Waals surface area contributed by atoms with E-state index in [1.165, 1.54) is 24.1 Å². The monoisotopic (exact) mass is 474 g/mol. The third-order valence-corrected chi connectivity index (χ3v) is 5.81. The zero-order chi connectivity index (χ0) is 24.9. The lowest BCUT2D eigenvalue weighted by Gasteiger charge is -2.17. The maximum atomic E-state index is 12.5. The number of nitro benzene ring substituents is 1. The number of carbonyl (C=O) groups excluding carboxylic acids is 3. The number of rotatable bonds is 8. The molecule has 0 N–H and O–H groups in total. The number of amides is 1. The van der Waals surface area contributed by atoms with Gasteiger partial charge in [0.15, 0.2) is 12.4 Å². The first-order valence-electron chi connectivity index (χ1n) is 10.8. The van der Waals surface area contributed by atoms with Gasteiger partial charge in [-0.05, 0) is 59.7 Å². The van der Waals surface area contributed by atoms with Crippen LogP contribution in [0.5, 0.6) is 5.75 Å². The first-order valence-corrected chi connectivity index (χ1v) is 10.8. The summed E-state index contributed by atoms with van der Waals surface area (Å²) in [5.41, 5.74) is 2.68. The zero-order valence-electron chi connectivity index (χ0n) is 18.9. The number of esters is 1. The van der Waals surface area contributed by atoms with Crippen LogP contribution in [0, 0.1) is 16.0 Å². The number of non-ortho nitro benzene ring substituents is 1. The van der Waals surface area contributed by atoms with Crippen LogP contribution in [0.2, 0.25) is 0 Å². The second-order valence-electron chi connectivity index (χ2n) is 8.02. The number of nitro groups is 1. The lowest BCUT2D eigenvalue weighted by molar-refractivity contribution is -0.384. The van der Waals surface area contributed by atoms with E-state index in [9.17, 15) is 24.5 Å². The molecule has 1 atom stereocenters. The Morgan fingerprint density at radius 1 is 0.971 bits per heavy atom. The average molecular weight is 474 g/mol. The molecule has 1 aliphatic heterocycles. The van der Waals surface area contributed by atoms with Crippen LogP contribution in [-0.4, -0.2) is 42.8 Å². The fourth-order valence-corrected chi connectivity index (χ4v) is 3.84. The van der Waals surface area contributed by atoms with E-state index in [-0.39, 0.29) is 30.3 Å². The van der Waals surface area contributed by atoms with Crippen molar-refractivity contribution < 1.29 is 28.8 Å². The van der Waals surface area contributed by atoms with Crippen molar-refractivity contribution in [3.63, 3.8) is 0 Å². The van der Waals surface area contributed by atoms with Gasteiger partial charge in [-0.25, -0.2) is 0 Å². The molecule has 9 heteroatoms. The predicted octanol–water partition coefficient (Wildman–Crippen LogP) is 4.05. The fraction of sp³-hybridized carbons (Fsp3) is 0.192. The van der Waals surface area contributed by atoms with Crippen molar-refractivity contribution in [2.75, 3.05) is 25.2 Å². The Morgan fingerprint density at radius 3 is 2.14 bits per heavy atom. The molecule has 0 unspecified atom stereocenters. The third kappa shape index (κ3) is 5.35. The molecule has 0 aliphatic carbocycles. The summed E-state index contributed by atoms with van der Waals surface area (Å²) >= 11 is 0. The van der Waals surface area contributed by atoms with Gasteiger partial charge in [-0.1, -0.05) is 12.1 Å². The van der Waals surface area contributed by atoms with Crippen LogP contribution in [0.3, 0.4) is 0 Å². The van der Waals surface area contributed by atoms with Gasteiger partial charge in [-0.2, -0.15) is 0 Å². The van der Waals surface area contributed by atoms with E-state index in [1.807, 2.05) is 12.1 Å². The maximum absolute atomic E-state index is 12.5. The van der Waals surface area contributed by atoms with E-state index in [1.54, 1.807) is 48.5 Å². The Balaban J connectivity index is 1.35. The highest BCUT2D eigenvalue weighted by atomic mass is 16.6. The van der Waals surface area contributed by atoms with Gasteiger partial charge in [0.1, 0.15) is 5.75 Å². The summed E-state index contributed by atoms with van der Waals surface area (Å²) in [6.45, 7) is -0.245. The molecule has 0 spiro atoms. The van der Waals surface area contributed by atoms with Crippen LogP contribution >= 0.6 is 0 Å². The quantitative estimate of drug-likeness (QED) is 0.209. The van der Waals surface area contributed by atoms with Crippen molar-refractivity contribution in [2.45, 2.75) is 6.42 Å². The molecule has 1 aliphatic rings. The summed E-state index contributed by atoms with van der Waals surface area (Å²) < 4.78 is 10.2. The summed E-state index contributed by atoms with van der Waals surface area (Å²) in [7, 11) is 1.53. The summed E-state index contributed by atoms with van der Waals surface area (Å²) in [5, 5.41) is 10.8. The summed E-state index contributed by atoms with van der Waals surface area (Å²) in [6.07, 6.45) is -0.000334. The largest absolute Gasteiger partial charge is 0.497 e. The van der Waals surface area contributed by atoms with Crippen molar-refractivity contribution in [3.8, 4) is 16.9 Å². The number of methoxy groups -OCH3 is 1. The minimum atomic E-state index is -0.666. The van der Waals surface area contributed by atoms with E-state index in [2.05, 4.69) is 0 Å². The number of Topliss-reactive ketones (excluding diaryl/α,β-unsaturated/α-hetero) is 1. The number of anilines is 1. The second-order valence-corrected chi connectivity index (χ2v) is 8.02. The van der Waals surface area contributed by atoms with Gasteiger partial charge in [0.2, 0.25) is 5.91 Å². The normalized spacial score (nSPS) is 15.1. The average Bonchev–Trinajstić information content (AvgIpc) is 3.29. The van der Waals surface area contributed by atoms with Gasteiger partial charge in [-0.15, -0.1) is 0 Å². The minimum Gasteiger partial charge on any atom is -0.497 e. The molecule has 9 nitrogen and oxygen atoms in total. The molecule has 1 amide bonds. The number of nitrogens with zero attached hydrogens (tertiary/aromatic N) is 2. The number of carbonyl (C=O) groups is 3. The van der Waals surface area contributed by atoms with Gasteiger partial charge < -0.3 is 14.4 Å². The molecule has 3 aromatic carbocycles. The SMILES string of the molecule is COc1ccc(C(=O)COC(=O)[C@@H]2CC(=O)N(c3ccc(-c4ccc([N+](=O)[O-])cc4)cc3)C2)cc1. The van der Waals surface area contributed by atoms with E-state index >= 15 is 0 Å². The Hall–Kier alpha value is -4.53. The Kier molecular flexibility index (Phi) is 6.86. The standard InChI is InChI=1S/C26H22N2O7/c1-34-23-12-6-19(7-13-23)24(29)16-35-26(31)20-14-25(30)27(15-20)21-8-2-17(3-9-21)18-4-10-22(11-5-18)28(32)33/h2-13,20H,14-16H2,1H3/t20-/m1/s1. The topological polar surface area (TPSA) is 116 Å². The Morgan fingerprint density at radius 2 is 1.57 bits per heavy atom. The van der Waals surface area contributed by atoms with Crippen LogP contribution in [0.4, 0.5) is 11.4 Å². The summed E-state index contributed by atoms with van der Waals surface area (Å²) in [6, 6.07) is 19.8. The third-order valence-electron chi connectivity index (χ3n) is 5.81. The molecular weight excluding hydrogens is 452 g/mol. The van der Waals surface area contributed by atoms with Gasteiger partial charge in [-0.3, -0.25) is 24.5 Å². The molecule has 35 heavy (non-hydrogen) atoms. The number of hydrogen-bond acceptors (Lipinski definition) is 7. The van der Waals surface area contributed by atoms with Gasteiger partial charge in [0.05, 0.1) is 18.0 Å². The first-order chi connectivity index (χ1) is 16.9. The van der Waals surface area contributed by atoms with E-state index < -0.39 is 23.4 Å². The van der Waals surface area contributed by atoms with Crippen molar-refractivity contribution in [3.05, 3.63) is 88.5 Å². The van der Waals surface area contributed by atoms with Crippen LogP contribution in [-0.2, 0) is 14.3 Å². The van der Waals surface area contributed by atoms with Crippen molar-refractivity contribution in [2.24, 2.45) is 5.92 Å². The molecule has 1 saturated heterocycles. The predicted molar refractivity (Wildman–Crippen MR) is 127 cm³/mol. The molecule has 4 rings (SSSR count). The smallest absolute Gasteiger partial charge is 0.311 e. The number of hydrogen-bond donors (Lipinski definition) is 0. The molecule has 0 radical (unpaired) electrons. The lowest BCUT2D eigenvalue weighted by Crippen LogP contribution is -2.27. The van der Waals surface area contributed by atoms with Gasteiger partial charge >= 0.3 is 5.97 Å². The first kappa shape index (κ1) is 23.6. The van der Waals surface area contributed by atoms with E-state index in [4.69, 9.17) is 9.47 Å². The van der Waals surface area contributed by atoms with Crippen molar-refractivity contribution in [1.29, 1.82) is 0 Å².